The normalized spacial score (nSPS) is 12.3. The van der Waals surface area contributed by atoms with E-state index in [9.17, 15) is 9.18 Å². The predicted molar refractivity (Wildman–Crippen MR) is 87.6 cm³/mol. The number of carbonyl (C=O) groups excluding carboxylic acids is 1. The van der Waals surface area contributed by atoms with E-state index >= 15 is 0 Å². The van der Waals surface area contributed by atoms with Crippen LogP contribution in [0.2, 0.25) is 0 Å². The summed E-state index contributed by atoms with van der Waals surface area (Å²) in [6.07, 6.45) is 0. The zero-order valence-electron chi connectivity index (χ0n) is 13.7. The predicted octanol–water partition coefficient (Wildman–Crippen LogP) is 3.93. The van der Waals surface area contributed by atoms with E-state index in [-0.39, 0.29) is 11.3 Å². The largest absolute Gasteiger partial charge is 0.416 e. The first-order valence-electron chi connectivity index (χ1n) is 7.13. The highest BCUT2D eigenvalue weighted by atomic mass is 79.9. The second kappa shape index (κ2) is 6.03. The summed E-state index contributed by atoms with van der Waals surface area (Å²) in [4.78, 5) is 12.3. The van der Waals surface area contributed by atoms with Gasteiger partial charge >= 0.3 is 11.8 Å². The molecule has 2 rings (SSSR count). The lowest BCUT2D eigenvalue weighted by molar-refractivity contribution is 0.0871. The molecule has 0 atom stereocenters. The Labute approximate surface area is 142 Å². The quantitative estimate of drug-likeness (QED) is 0.871. The van der Waals surface area contributed by atoms with Crippen molar-refractivity contribution in [1.82, 2.24) is 15.5 Å². The topological polar surface area (TPSA) is 68.0 Å². The van der Waals surface area contributed by atoms with E-state index in [1.54, 1.807) is 26.0 Å². The molecule has 0 aliphatic rings. The van der Waals surface area contributed by atoms with E-state index in [0.29, 0.717) is 15.9 Å². The van der Waals surface area contributed by atoms with Crippen molar-refractivity contribution in [2.24, 2.45) is 0 Å². The van der Waals surface area contributed by atoms with Crippen LogP contribution in [0.3, 0.4) is 0 Å². The lowest BCUT2D eigenvalue weighted by atomic mass is 9.93. The maximum absolute atomic E-state index is 14.1. The molecule has 1 heterocycles. The van der Waals surface area contributed by atoms with E-state index in [4.69, 9.17) is 4.42 Å². The molecule has 23 heavy (non-hydrogen) atoms. The molecule has 124 valence electrons. The first-order chi connectivity index (χ1) is 10.5. The van der Waals surface area contributed by atoms with E-state index in [0.717, 1.165) is 0 Å². The van der Waals surface area contributed by atoms with Crippen molar-refractivity contribution in [3.8, 4) is 0 Å². The van der Waals surface area contributed by atoms with Crippen LogP contribution >= 0.6 is 15.9 Å². The summed E-state index contributed by atoms with van der Waals surface area (Å²) in [6, 6.07) is 4.69. The van der Waals surface area contributed by atoms with Gasteiger partial charge in [0.05, 0.1) is 5.54 Å². The van der Waals surface area contributed by atoms with Gasteiger partial charge in [-0.15, -0.1) is 10.2 Å². The summed E-state index contributed by atoms with van der Waals surface area (Å²) in [5.41, 5.74) is -0.915. The minimum absolute atomic E-state index is 0.138. The summed E-state index contributed by atoms with van der Waals surface area (Å²) < 4.78 is 20.2. The third-order valence-corrected chi connectivity index (χ3v) is 3.78. The molecule has 1 aromatic carbocycles. The molecule has 1 N–H and O–H groups in total. The molecule has 0 saturated carbocycles. The molecule has 1 aromatic heterocycles. The van der Waals surface area contributed by atoms with Crippen molar-refractivity contribution < 1.29 is 13.6 Å². The number of hydrogen-bond donors (Lipinski definition) is 1. The van der Waals surface area contributed by atoms with Gasteiger partial charge in [0.15, 0.2) is 0 Å². The van der Waals surface area contributed by atoms with Crippen LogP contribution in [0.5, 0.6) is 0 Å². The molecular formula is C16H19BrFN3O2. The average Bonchev–Trinajstić information content (AvgIpc) is 2.86. The minimum atomic E-state index is -0.932. The monoisotopic (exact) mass is 383 g/mol. The molecule has 7 heteroatoms. The van der Waals surface area contributed by atoms with Gasteiger partial charge in [-0.05, 0) is 26.0 Å². The fourth-order valence-electron chi connectivity index (χ4n) is 2.02. The van der Waals surface area contributed by atoms with Crippen LogP contribution in [0.25, 0.3) is 0 Å². The first kappa shape index (κ1) is 17.6. The number of halogens is 2. The Morgan fingerprint density at radius 2 is 1.87 bits per heavy atom. The molecule has 0 unspecified atom stereocenters. The van der Waals surface area contributed by atoms with Crippen LogP contribution in [0, 0.1) is 5.82 Å². The van der Waals surface area contributed by atoms with Crippen LogP contribution in [0.15, 0.2) is 27.1 Å². The number of hydrogen-bond acceptors (Lipinski definition) is 4. The molecule has 0 spiro atoms. The fourth-order valence-corrected chi connectivity index (χ4v) is 2.35. The molecule has 0 aliphatic carbocycles. The van der Waals surface area contributed by atoms with Crippen molar-refractivity contribution in [1.29, 1.82) is 0 Å². The Bertz CT molecular complexity index is 735. The standard InChI is InChI=1S/C16H19BrFN3O2/c1-15(2,3)14-21-20-13(23-14)12(22)19-16(4,5)10-7-6-9(17)8-11(10)18/h6-8H,1-5H3,(H,19,22). The van der Waals surface area contributed by atoms with Gasteiger partial charge in [0.2, 0.25) is 5.89 Å². The second-order valence-corrected chi connectivity index (χ2v) is 7.78. The van der Waals surface area contributed by atoms with Crippen LogP contribution in [-0.2, 0) is 11.0 Å². The number of carbonyl (C=O) groups is 1. The van der Waals surface area contributed by atoms with Crippen molar-refractivity contribution in [3.63, 3.8) is 0 Å². The van der Waals surface area contributed by atoms with Crippen molar-refractivity contribution >= 4 is 21.8 Å². The zero-order valence-corrected chi connectivity index (χ0v) is 15.3. The number of amides is 1. The highest BCUT2D eigenvalue weighted by Crippen LogP contribution is 2.26. The van der Waals surface area contributed by atoms with Gasteiger partial charge in [-0.3, -0.25) is 4.79 Å². The highest BCUT2D eigenvalue weighted by Gasteiger charge is 2.30. The third-order valence-electron chi connectivity index (χ3n) is 3.29. The smallest absolute Gasteiger partial charge is 0.309 e. The Morgan fingerprint density at radius 3 is 2.39 bits per heavy atom. The Balaban J connectivity index is 2.23. The van der Waals surface area contributed by atoms with Gasteiger partial charge in [0, 0.05) is 15.5 Å². The third kappa shape index (κ3) is 3.96. The number of benzene rings is 1. The van der Waals surface area contributed by atoms with E-state index in [1.807, 2.05) is 20.8 Å². The molecule has 1 amide bonds. The van der Waals surface area contributed by atoms with Gasteiger partial charge in [0.1, 0.15) is 5.82 Å². The zero-order chi connectivity index (χ0) is 17.4. The Kier molecular flexibility index (Phi) is 4.61. The van der Waals surface area contributed by atoms with Crippen LogP contribution in [0.4, 0.5) is 4.39 Å². The van der Waals surface area contributed by atoms with Crippen LogP contribution in [-0.4, -0.2) is 16.1 Å². The molecule has 0 aliphatic heterocycles. The van der Waals surface area contributed by atoms with Gasteiger partial charge in [-0.25, -0.2) is 4.39 Å². The van der Waals surface area contributed by atoms with Gasteiger partial charge < -0.3 is 9.73 Å². The molecule has 0 fully saturated rings. The van der Waals surface area contributed by atoms with Crippen LogP contribution < -0.4 is 5.32 Å². The lowest BCUT2D eigenvalue weighted by Gasteiger charge is -2.26. The fraction of sp³-hybridized carbons (Fsp3) is 0.438. The van der Waals surface area contributed by atoms with Crippen molar-refractivity contribution in [3.05, 3.63) is 45.8 Å². The second-order valence-electron chi connectivity index (χ2n) is 6.87. The first-order valence-corrected chi connectivity index (χ1v) is 7.92. The van der Waals surface area contributed by atoms with E-state index in [1.165, 1.54) is 6.07 Å². The molecule has 5 nitrogen and oxygen atoms in total. The SMILES string of the molecule is CC(C)(C)c1nnc(C(=O)NC(C)(C)c2ccc(Br)cc2F)o1. The van der Waals surface area contributed by atoms with Crippen molar-refractivity contribution in [2.45, 2.75) is 45.6 Å². The van der Waals surface area contributed by atoms with E-state index in [2.05, 4.69) is 31.4 Å². The van der Waals surface area contributed by atoms with Gasteiger partial charge in [-0.1, -0.05) is 42.8 Å². The number of aromatic nitrogens is 2. The number of rotatable bonds is 3. The number of nitrogens with zero attached hydrogens (tertiary/aromatic N) is 2. The number of nitrogens with one attached hydrogen (secondary N) is 1. The summed E-state index contributed by atoms with van der Waals surface area (Å²) in [7, 11) is 0. The lowest BCUT2D eigenvalue weighted by Crippen LogP contribution is -2.41. The summed E-state index contributed by atoms with van der Waals surface area (Å²) in [5, 5.41) is 10.4. The molecule has 2 aromatic rings. The minimum Gasteiger partial charge on any atom is -0.416 e. The van der Waals surface area contributed by atoms with E-state index < -0.39 is 17.3 Å². The average molecular weight is 384 g/mol. The molecular weight excluding hydrogens is 365 g/mol. The van der Waals surface area contributed by atoms with Crippen molar-refractivity contribution in [2.75, 3.05) is 0 Å². The Hall–Kier alpha value is -1.76. The maximum atomic E-state index is 14.1. The van der Waals surface area contributed by atoms with Gasteiger partial charge in [0.25, 0.3) is 0 Å². The summed E-state index contributed by atoms with van der Waals surface area (Å²) in [5.74, 6) is -0.721. The van der Waals surface area contributed by atoms with Gasteiger partial charge in [-0.2, -0.15) is 0 Å². The molecule has 0 bridgehead atoms. The summed E-state index contributed by atoms with van der Waals surface area (Å²) >= 11 is 3.21. The molecule has 0 radical (unpaired) electrons. The molecule has 0 saturated heterocycles. The van der Waals surface area contributed by atoms with Crippen LogP contribution in [0.1, 0.15) is 56.8 Å². The highest BCUT2D eigenvalue weighted by molar-refractivity contribution is 9.10. The Morgan fingerprint density at radius 1 is 1.22 bits per heavy atom. The maximum Gasteiger partial charge on any atom is 0.309 e. The summed E-state index contributed by atoms with van der Waals surface area (Å²) in [6.45, 7) is 9.13.